The van der Waals surface area contributed by atoms with E-state index in [2.05, 4.69) is 226 Å². The minimum atomic E-state index is 1.14. The van der Waals surface area contributed by atoms with Gasteiger partial charge in [0, 0.05) is 49.4 Å². The Balaban J connectivity index is 1.07. The summed E-state index contributed by atoms with van der Waals surface area (Å²) in [5.74, 6) is 0. The van der Waals surface area contributed by atoms with Crippen LogP contribution in [0.4, 0.5) is 0 Å². The van der Waals surface area contributed by atoms with E-state index in [1.165, 1.54) is 87.7 Å². The van der Waals surface area contributed by atoms with Crippen molar-refractivity contribution in [1.82, 2.24) is 13.7 Å². The lowest BCUT2D eigenvalue weighted by molar-refractivity contribution is 1.17. The molecule has 0 aliphatic rings. The molecule has 0 N–H and O–H groups in total. The zero-order chi connectivity index (χ0) is 37.5. The van der Waals surface area contributed by atoms with Gasteiger partial charge in [0.15, 0.2) is 0 Å². The molecule has 0 unspecified atom stereocenters. The molecule has 0 saturated heterocycles. The average Bonchev–Trinajstić information content (AvgIpc) is 3.92. The molecule has 57 heavy (non-hydrogen) atoms. The molecule has 12 rings (SSSR count). The van der Waals surface area contributed by atoms with Crippen LogP contribution in [0.3, 0.4) is 0 Å². The lowest BCUT2D eigenvalue weighted by Gasteiger charge is -2.12. The lowest BCUT2D eigenvalue weighted by Crippen LogP contribution is -1.95. The Morgan fingerprint density at radius 2 is 0.667 bits per heavy atom. The van der Waals surface area contributed by atoms with E-state index >= 15 is 0 Å². The van der Waals surface area contributed by atoms with E-state index in [9.17, 15) is 0 Å². The first-order valence-corrected chi connectivity index (χ1v) is 19.6. The maximum absolute atomic E-state index is 2.46. The molecule has 3 heterocycles. The van der Waals surface area contributed by atoms with Crippen LogP contribution < -0.4 is 0 Å². The van der Waals surface area contributed by atoms with Crippen LogP contribution in [0.1, 0.15) is 0 Å². The molecular weight excluding hydrogens is 691 g/mol. The third kappa shape index (κ3) is 4.79. The van der Waals surface area contributed by atoms with Gasteiger partial charge in [0.05, 0.1) is 33.1 Å². The van der Waals surface area contributed by atoms with Gasteiger partial charge in [0.25, 0.3) is 0 Å². The third-order valence-electron chi connectivity index (χ3n) is 11.8. The third-order valence-corrected chi connectivity index (χ3v) is 11.8. The summed E-state index contributed by atoms with van der Waals surface area (Å²) in [6, 6.07) is 77.4. The van der Waals surface area contributed by atoms with Crippen molar-refractivity contribution in [1.29, 1.82) is 0 Å². The number of fused-ring (bicyclic) bond motifs is 9. The molecule has 0 saturated carbocycles. The second-order valence-electron chi connectivity index (χ2n) is 14.9. The van der Waals surface area contributed by atoms with Crippen molar-refractivity contribution in [2.75, 3.05) is 0 Å². The van der Waals surface area contributed by atoms with Crippen LogP contribution in [0.2, 0.25) is 0 Å². The summed E-state index contributed by atoms with van der Waals surface area (Å²) < 4.78 is 7.28. The Labute approximate surface area is 329 Å². The van der Waals surface area contributed by atoms with Gasteiger partial charge in [-0.15, -0.1) is 0 Å². The monoisotopic (exact) mass is 725 g/mol. The Morgan fingerprint density at radius 3 is 1.33 bits per heavy atom. The van der Waals surface area contributed by atoms with Crippen molar-refractivity contribution in [3.05, 3.63) is 212 Å². The predicted octanol–water partition coefficient (Wildman–Crippen LogP) is 14.3. The Morgan fingerprint density at radius 1 is 0.228 bits per heavy atom. The maximum Gasteiger partial charge on any atom is 0.0548 e. The molecule has 0 amide bonds. The number of rotatable bonds is 5. The fourth-order valence-corrected chi connectivity index (χ4v) is 9.35. The predicted molar refractivity (Wildman–Crippen MR) is 240 cm³/mol. The van der Waals surface area contributed by atoms with Gasteiger partial charge in [-0.3, -0.25) is 0 Å². The van der Waals surface area contributed by atoms with Crippen molar-refractivity contribution in [3.63, 3.8) is 0 Å². The number of para-hydroxylation sites is 4. The molecule has 3 heteroatoms. The molecule has 12 aromatic rings. The van der Waals surface area contributed by atoms with Crippen LogP contribution in [0.15, 0.2) is 212 Å². The van der Waals surface area contributed by atoms with E-state index in [0.29, 0.717) is 0 Å². The fraction of sp³-hybridized carbons (Fsp3) is 0. The molecule has 0 spiro atoms. The summed E-state index contributed by atoms with van der Waals surface area (Å²) >= 11 is 0. The number of nitrogens with zero attached hydrogens (tertiary/aromatic N) is 3. The van der Waals surface area contributed by atoms with Crippen molar-refractivity contribution < 1.29 is 0 Å². The van der Waals surface area contributed by atoms with Crippen LogP contribution in [0, 0.1) is 0 Å². The van der Waals surface area contributed by atoms with Crippen LogP contribution in [-0.2, 0) is 0 Å². The Hall–Kier alpha value is -7.62. The molecule has 0 aliphatic carbocycles. The van der Waals surface area contributed by atoms with Gasteiger partial charge in [-0.1, -0.05) is 140 Å². The van der Waals surface area contributed by atoms with E-state index < -0.39 is 0 Å². The SMILES string of the molecule is c1ccc(-c2ccc(-n3c4ccccc4c4cc5c(cc43)c3ccccc3n5-c3cccc(-c4cccc5c4c4ccccc4n5-c4ccccc4)c3)cc2)cc1. The average molecular weight is 726 g/mol. The van der Waals surface area contributed by atoms with Gasteiger partial charge in [0.1, 0.15) is 0 Å². The first-order valence-electron chi connectivity index (χ1n) is 19.6. The summed E-state index contributed by atoms with van der Waals surface area (Å²) in [7, 11) is 0. The summed E-state index contributed by atoms with van der Waals surface area (Å²) in [6.07, 6.45) is 0. The van der Waals surface area contributed by atoms with E-state index in [4.69, 9.17) is 0 Å². The highest BCUT2D eigenvalue weighted by Gasteiger charge is 2.20. The molecule has 0 atom stereocenters. The number of aromatic nitrogens is 3. The first kappa shape index (κ1) is 31.7. The largest absolute Gasteiger partial charge is 0.309 e. The first-order chi connectivity index (χ1) is 28.3. The Bertz CT molecular complexity index is 3490. The van der Waals surface area contributed by atoms with Crippen molar-refractivity contribution >= 4 is 65.4 Å². The zero-order valence-corrected chi connectivity index (χ0v) is 31.0. The van der Waals surface area contributed by atoms with Gasteiger partial charge in [0.2, 0.25) is 0 Å². The summed E-state index contributed by atoms with van der Waals surface area (Å²) in [4.78, 5) is 0. The number of benzene rings is 9. The number of hydrogen-bond acceptors (Lipinski definition) is 0. The molecule has 9 aromatic carbocycles. The van der Waals surface area contributed by atoms with Gasteiger partial charge in [-0.25, -0.2) is 0 Å². The minimum absolute atomic E-state index is 1.14. The topological polar surface area (TPSA) is 14.8 Å². The summed E-state index contributed by atoms with van der Waals surface area (Å²) in [5, 5.41) is 7.48. The van der Waals surface area contributed by atoms with E-state index in [-0.39, 0.29) is 0 Å². The summed E-state index contributed by atoms with van der Waals surface area (Å²) in [5.41, 5.74) is 15.5. The Kier molecular flexibility index (Phi) is 6.93. The molecule has 3 aromatic heterocycles. The van der Waals surface area contributed by atoms with E-state index in [1.807, 2.05) is 0 Å². The quantitative estimate of drug-likeness (QED) is 0.168. The van der Waals surface area contributed by atoms with Crippen molar-refractivity contribution in [2.24, 2.45) is 0 Å². The van der Waals surface area contributed by atoms with Crippen molar-refractivity contribution in [3.8, 4) is 39.3 Å². The van der Waals surface area contributed by atoms with Gasteiger partial charge in [-0.2, -0.15) is 0 Å². The highest BCUT2D eigenvalue weighted by atomic mass is 15.0. The minimum Gasteiger partial charge on any atom is -0.309 e. The van der Waals surface area contributed by atoms with Crippen LogP contribution in [0.5, 0.6) is 0 Å². The van der Waals surface area contributed by atoms with Crippen LogP contribution in [-0.4, -0.2) is 13.7 Å². The zero-order valence-electron chi connectivity index (χ0n) is 31.0. The second-order valence-corrected chi connectivity index (χ2v) is 14.9. The molecular formula is C54H35N3. The fourth-order valence-electron chi connectivity index (χ4n) is 9.35. The molecule has 266 valence electrons. The molecule has 0 radical (unpaired) electrons. The highest BCUT2D eigenvalue weighted by Crippen LogP contribution is 2.42. The van der Waals surface area contributed by atoms with Crippen LogP contribution in [0.25, 0.3) is 105 Å². The molecule has 0 fully saturated rings. The second kappa shape index (κ2) is 12.5. The molecule has 0 bridgehead atoms. The van der Waals surface area contributed by atoms with Crippen molar-refractivity contribution in [2.45, 2.75) is 0 Å². The van der Waals surface area contributed by atoms with Gasteiger partial charge in [-0.05, 0) is 95.1 Å². The smallest absolute Gasteiger partial charge is 0.0548 e. The van der Waals surface area contributed by atoms with E-state index in [1.54, 1.807) is 0 Å². The molecule has 3 nitrogen and oxygen atoms in total. The lowest BCUT2D eigenvalue weighted by atomic mass is 9.99. The normalized spacial score (nSPS) is 11.9. The maximum atomic E-state index is 2.46. The molecule has 0 aliphatic heterocycles. The van der Waals surface area contributed by atoms with E-state index in [0.717, 1.165) is 17.1 Å². The van der Waals surface area contributed by atoms with Crippen LogP contribution >= 0.6 is 0 Å². The highest BCUT2D eigenvalue weighted by molar-refractivity contribution is 6.19. The number of hydrogen-bond donors (Lipinski definition) is 0. The van der Waals surface area contributed by atoms with Gasteiger partial charge >= 0.3 is 0 Å². The standard InChI is InChI=1S/C54H35N3/c1-3-15-36(16-4-1)37-29-31-40(32-30-37)56-48-25-10-7-21-43(48)46-35-53-47(34-52(46)56)44-22-8-11-26-49(44)57(53)41-20-13-17-38(33-41)42-24-14-28-51-54(42)45-23-9-12-27-50(45)55(51)39-18-5-2-6-19-39/h1-35H. The summed E-state index contributed by atoms with van der Waals surface area (Å²) in [6.45, 7) is 0. The van der Waals surface area contributed by atoms with Gasteiger partial charge < -0.3 is 13.7 Å².